The average molecular weight is 496 g/mol. The molecule has 4 rings (SSSR count). The molecule has 2 N–H and O–H groups in total. The monoisotopic (exact) mass is 495 g/mol. The molecule has 8 nitrogen and oxygen atoms in total. The molecule has 1 aromatic heterocycles. The summed E-state index contributed by atoms with van der Waals surface area (Å²) in [6, 6.07) is 10.0. The van der Waals surface area contributed by atoms with Gasteiger partial charge in [-0.1, -0.05) is 0 Å². The molecule has 2 fully saturated rings. The van der Waals surface area contributed by atoms with Crippen LogP contribution < -0.4 is 20.1 Å². The minimum atomic E-state index is 0.177. The van der Waals surface area contributed by atoms with E-state index in [9.17, 15) is 4.79 Å². The first-order valence-electron chi connectivity index (χ1n) is 13.3. The van der Waals surface area contributed by atoms with E-state index in [2.05, 4.69) is 26.6 Å². The second-order valence-electron chi connectivity index (χ2n) is 9.95. The lowest BCUT2D eigenvalue weighted by Gasteiger charge is -2.31. The third kappa shape index (κ3) is 7.50. The predicted octanol–water partition coefficient (Wildman–Crippen LogP) is 4.68. The summed E-state index contributed by atoms with van der Waals surface area (Å²) in [7, 11) is 1.67. The fourth-order valence-corrected chi connectivity index (χ4v) is 5.04. The highest BCUT2D eigenvalue weighted by molar-refractivity contribution is 5.73. The number of methoxy groups -OCH3 is 1. The number of benzene rings is 1. The van der Waals surface area contributed by atoms with Gasteiger partial charge in [-0.3, -0.25) is 4.79 Å². The van der Waals surface area contributed by atoms with Crippen molar-refractivity contribution < 1.29 is 14.3 Å². The Labute approximate surface area is 215 Å². The molecule has 2 saturated heterocycles. The summed E-state index contributed by atoms with van der Waals surface area (Å²) in [5, 5.41) is 7.01. The zero-order valence-corrected chi connectivity index (χ0v) is 22.0. The van der Waals surface area contributed by atoms with Crippen LogP contribution in [-0.4, -0.2) is 73.7 Å². The smallest absolute Gasteiger partial charge is 0.219 e. The Kier molecular flexibility index (Phi) is 9.28. The molecule has 0 spiro atoms. The molecule has 2 aliphatic heterocycles. The number of piperidine rings is 1. The van der Waals surface area contributed by atoms with E-state index in [0.717, 1.165) is 79.8 Å². The van der Waals surface area contributed by atoms with Gasteiger partial charge in [-0.15, -0.1) is 0 Å². The van der Waals surface area contributed by atoms with E-state index in [1.165, 1.54) is 25.9 Å². The average Bonchev–Trinajstić information content (AvgIpc) is 3.39. The third-order valence-electron chi connectivity index (χ3n) is 7.12. The van der Waals surface area contributed by atoms with Gasteiger partial charge >= 0.3 is 0 Å². The summed E-state index contributed by atoms with van der Waals surface area (Å²) >= 11 is 0. The Balaban J connectivity index is 1.32. The maximum absolute atomic E-state index is 11.6. The Hall–Kier alpha value is -3.00. The first-order chi connectivity index (χ1) is 17.5. The first kappa shape index (κ1) is 26.1. The van der Waals surface area contributed by atoms with Crippen LogP contribution in [0.1, 0.15) is 44.7 Å². The van der Waals surface area contributed by atoms with Crippen molar-refractivity contribution in [1.29, 1.82) is 0 Å². The number of pyridine rings is 1. The number of likely N-dealkylation sites (tertiary alicyclic amines) is 2. The van der Waals surface area contributed by atoms with E-state index in [0.29, 0.717) is 12.5 Å². The van der Waals surface area contributed by atoms with Crippen molar-refractivity contribution in [2.75, 3.05) is 63.6 Å². The molecule has 2 aliphatic rings. The number of rotatable bonds is 11. The molecule has 196 valence electrons. The fraction of sp³-hybridized carbons (Fsp3) is 0.571. The summed E-state index contributed by atoms with van der Waals surface area (Å²) in [6.07, 6.45) is 5.70. The van der Waals surface area contributed by atoms with Crippen LogP contribution >= 0.6 is 0 Å². The van der Waals surface area contributed by atoms with Crippen LogP contribution in [0.15, 0.2) is 30.3 Å². The zero-order chi connectivity index (χ0) is 25.3. The van der Waals surface area contributed by atoms with Gasteiger partial charge in [0.2, 0.25) is 5.91 Å². The van der Waals surface area contributed by atoms with E-state index >= 15 is 0 Å². The molecule has 0 saturated carbocycles. The van der Waals surface area contributed by atoms with Gasteiger partial charge in [0, 0.05) is 62.3 Å². The summed E-state index contributed by atoms with van der Waals surface area (Å²) < 4.78 is 11.6. The maximum atomic E-state index is 11.6. The molecule has 2 aromatic rings. The molecule has 8 heteroatoms. The van der Waals surface area contributed by atoms with Crippen molar-refractivity contribution in [2.45, 2.75) is 46.0 Å². The van der Waals surface area contributed by atoms with Gasteiger partial charge in [-0.2, -0.15) is 0 Å². The molecule has 0 bridgehead atoms. The Bertz CT molecular complexity index is 1000. The Morgan fingerprint density at radius 3 is 2.56 bits per heavy atom. The minimum absolute atomic E-state index is 0.177. The van der Waals surface area contributed by atoms with E-state index < -0.39 is 0 Å². The second kappa shape index (κ2) is 12.8. The van der Waals surface area contributed by atoms with Crippen molar-refractivity contribution >= 4 is 23.1 Å². The number of anilines is 3. The standard InChI is InChI=1S/C28H41N5O3/c1-21-17-25(29-20-23-9-14-33(15-10-23)22(2)34)19-28(30-21)31-24-7-8-26(35-3)27(18-24)36-16-6-13-32-11-4-5-12-32/h7-8,17-19,23H,4-6,9-16,20H2,1-3H3,(H2,29,30,31). The number of ether oxygens (including phenoxy) is 2. The lowest BCUT2D eigenvalue weighted by molar-refractivity contribution is -0.130. The van der Waals surface area contributed by atoms with Gasteiger partial charge < -0.3 is 29.9 Å². The van der Waals surface area contributed by atoms with Crippen LogP contribution in [0.5, 0.6) is 11.5 Å². The number of hydrogen-bond acceptors (Lipinski definition) is 7. The van der Waals surface area contributed by atoms with Crippen LogP contribution in [0.2, 0.25) is 0 Å². The van der Waals surface area contributed by atoms with Gasteiger partial charge in [0.15, 0.2) is 11.5 Å². The summed E-state index contributed by atoms with van der Waals surface area (Å²) in [5.41, 5.74) is 2.90. The van der Waals surface area contributed by atoms with Crippen molar-refractivity contribution in [2.24, 2.45) is 5.92 Å². The van der Waals surface area contributed by atoms with Crippen LogP contribution in [0.3, 0.4) is 0 Å². The van der Waals surface area contributed by atoms with Gasteiger partial charge in [0.1, 0.15) is 5.82 Å². The van der Waals surface area contributed by atoms with Crippen LogP contribution in [0.4, 0.5) is 17.2 Å². The highest BCUT2D eigenvalue weighted by Crippen LogP contribution is 2.32. The van der Waals surface area contributed by atoms with E-state index in [4.69, 9.17) is 9.47 Å². The Morgan fingerprint density at radius 1 is 1.06 bits per heavy atom. The number of carbonyl (C=O) groups excluding carboxylic acids is 1. The maximum Gasteiger partial charge on any atom is 0.219 e. The Morgan fingerprint density at radius 2 is 1.83 bits per heavy atom. The molecule has 0 aliphatic carbocycles. The van der Waals surface area contributed by atoms with Crippen molar-refractivity contribution in [3.8, 4) is 11.5 Å². The summed E-state index contributed by atoms with van der Waals surface area (Å²) in [6.45, 7) is 10.4. The molecular weight excluding hydrogens is 454 g/mol. The molecule has 3 heterocycles. The number of nitrogens with zero attached hydrogens (tertiary/aromatic N) is 3. The molecule has 0 unspecified atom stereocenters. The number of amides is 1. The molecule has 36 heavy (non-hydrogen) atoms. The number of hydrogen-bond donors (Lipinski definition) is 2. The number of aryl methyl sites for hydroxylation is 1. The van der Waals surface area contributed by atoms with Crippen molar-refractivity contribution in [1.82, 2.24) is 14.8 Å². The van der Waals surface area contributed by atoms with Crippen molar-refractivity contribution in [3.05, 3.63) is 36.0 Å². The van der Waals surface area contributed by atoms with Crippen LogP contribution in [0.25, 0.3) is 0 Å². The van der Waals surface area contributed by atoms with Crippen molar-refractivity contribution in [3.63, 3.8) is 0 Å². The molecule has 0 radical (unpaired) electrons. The first-order valence-corrected chi connectivity index (χ1v) is 13.3. The quantitative estimate of drug-likeness (QED) is 0.438. The highest BCUT2D eigenvalue weighted by Gasteiger charge is 2.20. The molecule has 0 atom stereocenters. The molecular formula is C28H41N5O3. The highest BCUT2D eigenvalue weighted by atomic mass is 16.5. The normalized spacial score (nSPS) is 16.7. The zero-order valence-electron chi connectivity index (χ0n) is 22.0. The predicted molar refractivity (Wildman–Crippen MR) is 145 cm³/mol. The van der Waals surface area contributed by atoms with E-state index in [1.807, 2.05) is 36.1 Å². The summed E-state index contributed by atoms with van der Waals surface area (Å²) in [4.78, 5) is 20.7. The van der Waals surface area contributed by atoms with Crippen LogP contribution in [0, 0.1) is 12.8 Å². The number of aromatic nitrogens is 1. The van der Waals surface area contributed by atoms with E-state index in [-0.39, 0.29) is 5.91 Å². The molecule has 1 amide bonds. The SMILES string of the molecule is COc1ccc(Nc2cc(NCC3CCN(C(C)=O)CC3)cc(C)n2)cc1OCCCN1CCCC1. The second-order valence-corrected chi connectivity index (χ2v) is 9.95. The van der Waals surface area contributed by atoms with Gasteiger partial charge in [0.25, 0.3) is 0 Å². The molecule has 1 aromatic carbocycles. The van der Waals surface area contributed by atoms with E-state index in [1.54, 1.807) is 14.0 Å². The lowest BCUT2D eigenvalue weighted by atomic mass is 9.96. The topological polar surface area (TPSA) is 79.0 Å². The fourth-order valence-electron chi connectivity index (χ4n) is 5.04. The number of carbonyl (C=O) groups is 1. The lowest BCUT2D eigenvalue weighted by Crippen LogP contribution is -2.38. The van der Waals surface area contributed by atoms with Gasteiger partial charge in [0.05, 0.1) is 13.7 Å². The largest absolute Gasteiger partial charge is 0.493 e. The minimum Gasteiger partial charge on any atom is -0.493 e. The third-order valence-corrected chi connectivity index (χ3v) is 7.12. The van der Waals surface area contributed by atoms with Crippen LogP contribution in [-0.2, 0) is 4.79 Å². The van der Waals surface area contributed by atoms with Gasteiger partial charge in [-0.25, -0.2) is 4.98 Å². The van der Waals surface area contributed by atoms with Gasteiger partial charge in [-0.05, 0) is 76.2 Å². The summed E-state index contributed by atoms with van der Waals surface area (Å²) in [5.74, 6) is 3.01. The number of nitrogens with one attached hydrogen (secondary N) is 2.